The number of carbonyl (C=O) groups is 1. The Hall–Kier alpha value is -2.40. The van der Waals surface area contributed by atoms with E-state index in [0.29, 0.717) is 11.5 Å². The monoisotopic (exact) mass is 284 g/mol. The van der Waals surface area contributed by atoms with E-state index in [1.165, 1.54) is 0 Å². The average Bonchev–Trinajstić information content (AvgIpc) is 2.49. The van der Waals surface area contributed by atoms with Gasteiger partial charge in [0.2, 0.25) is 5.91 Å². The van der Waals surface area contributed by atoms with Crippen molar-refractivity contribution in [2.24, 2.45) is 11.7 Å². The van der Waals surface area contributed by atoms with Crippen LogP contribution in [0.5, 0.6) is 0 Å². The molecular formula is C16H20N4O. The van der Waals surface area contributed by atoms with Crippen molar-refractivity contribution in [2.45, 2.75) is 19.9 Å². The van der Waals surface area contributed by atoms with Gasteiger partial charge < -0.3 is 16.4 Å². The number of hydrogen-bond acceptors (Lipinski definition) is 4. The summed E-state index contributed by atoms with van der Waals surface area (Å²) in [5.41, 5.74) is 7.39. The number of carbonyl (C=O) groups excluding carboxylic acids is 1. The third-order valence-electron chi connectivity index (χ3n) is 3.10. The van der Waals surface area contributed by atoms with Crippen LogP contribution in [-0.4, -0.2) is 16.9 Å². The van der Waals surface area contributed by atoms with E-state index >= 15 is 0 Å². The van der Waals surface area contributed by atoms with Gasteiger partial charge in [0.15, 0.2) is 0 Å². The largest absolute Gasteiger partial charge is 0.340 e. The molecule has 110 valence electrons. The van der Waals surface area contributed by atoms with Crippen LogP contribution in [0.25, 0.3) is 0 Å². The topological polar surface area (TPSA) is 80.0 Å². The number of nitrogens with zero attached hydrogens (tertiary/aromatic N) is 1. The second-order valence-electron chi connectivity index (χ2n) is 5.18. The third-order valence-corrected chi connectivity index (χ3v) is 3.10. The summed E-state index contributed by atoms with van der Waals surface area (Å²) < 4.78 is 0. The number of anilines is 3. The van der Waals surface area contributed by atoms with Crippen LogP contribution in [0.15, 0.2) is 48.7 Å². The average molecular weight is 284 g/mol. The molecule has 1 atom stereocenters. The zero-order chi connectivity index (χ0) is 15.2. The lowest BCUT2D eigenvalue weighted by atomic mass is 10.1. The van der Waals surface area contributed by atoms with Crippen molar-refractivity contribution in [2.75, 3.05) is 10.6 Å². The first-order chi connectivity index (χ1) is 10.1. The number of hydrogen-bond donors (Lipinski definition) is 3. The van der Waals surface area contributed by atoms with Crippen LogP contribution in [0.1, 0.15) is 13.8 Å². The van der Waals surface area contributed by atoms with Gasteiger partial charge in [-0.25, -0.2) is 4.98 Å². The van der Waals surface area contributed by atoms with Crippen molar-refractivity contribution in [3.63, 3.8) is 0 Å². The summed E-state index contributed by atoms with van der Waals surface area (Å²) in [7, 11) is 0. The van der Waals surface area contributed by atoms with Gasteiger partial charge in [-0.1, -0.05) is 32.0 Å². The Morgan fingerprint density at radius 3 is 2.38 bits per heavy atom. The minimum Gasteiger partial charge on any atom is -0.340 e. The molecule has 0 bridgehead atoms. The summed E-state index contributed by atoms with van der Waals surface area (Å²) in [4.78, 5) is 16.1. The lowest BCUT2D eigenvalue weighted by Crippen LogP contribution is -2.39. The molecule has 21 heavy (non-hydrogen) atoms. The fraction of sp³-hybridized carbons (Fsp3) is 0.250. The number of amides is 1. The highest BCUT2D eigenvalue weighted by molar-refractivity contribution is 5.94. The predicted octanol–water partition coefficient (Wildman–Crippen LogP) is 2.75. The van der Waals surface area contributed by atoms with Gasteiger partial charge in [-0.15, -0.1) is 0 Å². The molecule has 0 aliphatic carbocycles. The summed E-state index contributed by atoms with van der Waals surface area (Å²) in [6.07, 6.45) is 1.61. The molecule has 2 aromatic rings. The minimum absolute atomic E-state index is 0.0944. The number of rotatable bonds is 5. The molecule has 2 rings (SSSR count). The molecule has 0 spiro atoms. The van der Waals surface area contributed by atoms with Crippen molar-refractivity contribution in [1.82, 2.24) is 4.98 Å². The fourth-order valence-corrected chi connectivity index (χ4v) is 1.74. The SMILES string of the molecule is CC(C)[C@H](N)C(=O)Nc1ccc(Nc2ccccc2)nc1. The summed E-state index contributed by atoms with van der Waals surface area (Å²) in [6, 6.07) is 12.8. The minimum atomic E-state index is -0.521. The zero-order valence-corrected chi connectivity index (χ0v) is 12.2. The summed E-state index contributed by atoms with van der Waals surface area (Å²) in [5.74, 6) is 0.611. The fourth-order valence-electron chi connectivity index (χ4n) is 1.74. The number of para-hydroxylation sites is 1. The molecule has 0 aliphatic heterocycles. The number of nitrogens with one attached hydrogen (secondary N) is 2. The molecule has 0 saturated carbocycles. The number of aromatic nitrogens is 1. The van der Waals surface area contributed by atoms with Gasteiger partial charge in [0.05, 0.1) is 17.9 Å². The van der Waals surface area contributed by atoms with Crippen molar-refractivity contribution in [1.29, 1.82) is 0 Å². The standard InChI is InChI=1S/C16H20N4O/c1-11(2)15(17)16(21)20-13-8-9-14(18-10-13)19-12-6-4-3-5-7-12/h3-11,15H,17H2,1-2H3,(H,18,19)(H,20,21)/t15-/m0/s1. The van der Waals surface area contributed by atoms with Crippen LogP contribution in [-0.2, 0) is 4.79 Å². The van der Waals surface area contributed by atoms with Crippen LogP contribution in [0.4, 0.5) is 17.2 Å². The maximum atomic E-state index is 11.9. The van der Waals surface area contributed by atoms with Gasteiger partial charge in [-0.2, -0.15) is 0 Å². The van der Waals surface area contributed by atoms with Gasteiger partial charge in [-0.3, -0.25) is 4.79 Å². The number of nitrogens with two attached hydrogens (primary N) is 1. The van der Waals surface area contributed by atoms with Crippen LogP contribution in [0.2, 0.25) is 0 Å². The first-order valence-corrected chi connectivity index (χ1v) is 6.91. The van der Waals surface area contributed by atoms with E-state index in [1.54, 1.807) is 12.3 Å². The molecule has 0 saturated heterocycles. The molecule has 1 amide bonds. The van der Waals surface area contributed by atoms with E-state index < -0.39 is 6.04 Å². The summed E-state index contributed by atoms with van der Waals surface area (Å²) in [5, 5.41) is 5.94. The highest BCUT2D eigenvalue weighted by Gasteiger charge is 2.17. The molecule has 0 aliphatic rings. The van der Waals surface area contributed by atoms with E-state index in [9.17, 15) is 4.79 Å². The number of pyridine rings is 1. The Balaban J connectivity index is 1.98. The van der Waals surface area contributed by atoms with Crippen LogP contribution < -0.4 is 16.4 Å². The van der Waals surface area contributed by atoms with Crippen LogP contribution in [0, 0.1) is 5.92 Å². The van der Waals surface area contributed by atoms with Crippen molar-refractivity contribution in [3.8, 4) is 0 Å². The highest BCUT2D eigenvalue weighted by Crippen LogP contribution is 2.16. The van der Waals surface area contributed by atoms with E-state index in [-0.39, 0.29) is 11.8 Å². The molecule has 0 fully saturated rings. The Kier molecular flexibility index (Phi) is 4.90. The maximum absolute atomic E-state index is 11.9. The second kappa shape index (κ2) is 6.85. The first kappa shape index (κ1) is 15.0. The molecule has 5 heteroatoms. The van der Waals surface area contributed by atoms with Crippen LogP contribution >= 0.6 is 0 Å². The normalized spacial score (nSPS) is 12.0. The molecule has 5 nitrogen and oxygen atoms in total. The molecule has 0 unspecified atom stereocenters. The Labute approximate surface area is 124 Å². The van der Waals surface area contributed by atoms with E-state index in [1.807, 2.05) is 50.2 Å². The van der Waals surface area contributed by atoms with Gasteiger partial charge in [0.25, 0.3) is 0 Å². The smallest absolute Gasteiger partial charge is 0.241 e. The first-order valence-electron chi connectivity index (χ1n) is 6.91. The quantitative estimate of drug-likeness (QED) is 0.788. The molecule has 1 aromatic heterocycles. The third kappa shape index (κ3) is 4.29. The van der Waals surface area contributed by atoms with Crippen molar-refractivity contribution < 1.29 is 4.79 Å². The molecule has 1 heterocycles. The summed E-state index contributed by atoms with van der Waals surface area (Å²) in [6.45, 7) is 3.82. The maximum Gasteiger partial charge on any atom is 0.241 e. The lowest BCUT2D eigenvalue weighted by Gasteiger charge is -2.15. The highest BCUT2D eigenvalue weighted by atomic mass is 16.2. The molecule has 0 radical (unpaired) electrons. The van der Waals surface area contributed by atoms with E-state index in [4.69, 9.17) is 5.73 Å². The van der Waals surface area contributed by atoms with E-state index in [2.05, 4.69) is 15.6 Å². The predicted molar refractivity (Wildman–Crippen MR) is 85.4 cm³/mol. The van der Waals surface area contributed by atoms with Crippen LogP contribution in [0.3, 0.4) is 0 Å². The zero-order valence-electron chi connectivity index (χ0n) is 12.2. The van der Waals surface area contributed by atoms with Gasteiger partial charge in [0.1, 0.15) is 5.82 Å². The Bertz CT molecular complexity index is 581. The van der Waals surface area contributed by atoms with Gasteiger partial charge >= 0.3 is 0 Å². The van der Waals surface area contributed by atoms with Gasteiger partial charge in [0, 0.05) is 5.69 Å². The summed E-state index contributed by atoms with van der Waals surface area (Å²) >= 11 is 0. The van der Waals surface area contributed by atoms with E-state index in [0.717, 1.165) is 5.69 Å². The molecule has 1 aromatic carbocycles. The second-order valence-corrected chi connectivity index (χ2v) is 5.18. The number of benzene rings is 1. The van der Waals surface area contributed by atoms with Crippen molar-refractivity contribution >= 4 is 23.1 Å². The molecule has 4 N–H and O–H groups in total. The van der Waals surface area contributed by atoms with Gasteiger partial charge in [-0.05, 0) is 30.2 Å². The lowest BCUT2D eigenvalue weighted by molar-refractivity contribution is -0.118. The molecular weight excluding hydrogens is 264 g/mol. The Morgan fingerprint density at radius 1 is 1.10 bits per heavy atom. The van der Waals surface area contributed by atoms with Crippen molar-refractivity contribution in [3.05, 3.63) is 48.7 Å². The Morgan fingerprint density at radius 2 is 1.81 bits per heavy atom.